The van der Waals surface area contributed by atoms with Crippen LogP contribution < -0.4 is 0 Å². The van der Waals surface area contributed by atoms with E-state index in [4.69, 9.17) is 4.74 Å². The van der Waals surface area contributed by atoms with Crippen LogP contribution in [0.25, 0.3) is 0 Å². The third kappa shape index (κ3) is 1.91. The first-order chi connectivity index (χ1) is 7.04. The average molecular weight is 209 g/mol. The first-order valence-electron chi connectivity index (χ1n) is 5.36. The highest BCUT2D eigenvalue weighted by atomic mass is 16.5. The molecule has 0 aliphatic heterocycles. The molecule has 0 N–H and O–H groups in total. The molecule has 1 aromatic heterocycles. The van der Waals surface area contributed by atoms with E-state index in [1.165, 1.54) is 5.69 Å². The van der Waals surface area contributed by atoms with Gasteiger partial charge >= 0.3 is 5.97 Å². The summed E-state index contributed by atoms with van der Waals surface area (Å²) in [6, 6.07) is 0. The molecule has 0 spiro atoms. The van der Waals surface area contributed by atoms with Crippen molar-refractivity contribution in [1.29, 1.82) is 0 Å². The van der Waals surface area contributed by atoms with Gasteiger partial charge in [0.25, 0.3) is 0 Å². The van der Waals surface area contributed by atoms with Crippen molar-refractivity contribution in [2.24, 2.45) is 7.05 Å². The van der Waals surface area contributed by atoms with Crippen molar-refractivity contribution in [1.82, 2.24) is 4.57 Å². The molecule has 0 aliphatic carbocycles. The summed E-state index contributed by atoms with van der Waals surface area (Å²) in [7, 11) is 1.99. The van der Waals surface area contributed by atoms with Crippen molar-refractivity contribution in [3.05, 3.63) is 22.5 Å². The fourth-order valence-corrected chi connectivity index (χ4v) is 2.04. The number of aromatic nitrogens is 1. The molecule has 3 nitrogen and oxygen atoms in total. The Balaban J connectivity index is 3.24. The van der Waals surface area contributed by atoms with E-state index in [-0.39, 0.29) is 5.97 Å². The highest BCUT2D eigenvalue weighted by molar-refractivity contribution is 5.93. The van der Waals surface area contributed by atoms with Gasteiger partial charge in [-0.25, -0.2) is 4.79 Å². The van der Waals surface area contributed by atoms with Gasteiger partial charge in [0.05, 0.1) is 12.2 Å². The molecular formula is C12H19NO2. The lowest BCUT2D eigenvalue weighted by Gasteiger charge is -2.02. The molecule has 1 aromatic rings. The average Bonchev–Trinajstić information content (AvgIpc) is 2.39. The van der Waals surface area contributed by atoms with Crippen molar-refractivity contribution < 1.29 is 9.53 Å². The molecule has 0 fully saturated rings. The van der Waals surface area contributed by atoms with Crippen LogP contribution >= 0.6 is 0 Å². The van der Waals surface area contributed by atoms with Gasteiger partial charge in [-0.3, -0.25) is 0 Å². The second kappa shape index (κ2) is 4.51. The van der Waals surface area contributed by atoms with Crippen LogP contribution in [0, 0.1) is 13.8 Å². The lowest BCUT2D eigenvalue weighted by Crippen LogP contribution is -2.07. The highest BCUT2D eigenvalue weighted by Gasteiger charge is 2.20. The normalized spacial score (nSPS) is 10.5. The molecular weight excluding hydrogens is 190 g/mol. The van der Waals surface area contributed by atoms with Crippen LogP contribution in [0.4, 0.5) is 0 Å². The Morgan fingerprint density at radius 2 is 1.93 bits per heavy atom. The van der Waals surface area contributed by atoms with Gasteiger partial charge in [0, 0.05) is 18.4 Å². The van der Waals surface area contributed by atoms with E-state index in [0.717, 1.165) is 23.2 Å². The molecule has 0 radical (unpaired) electrons. The smallest absolute Gasteiger partial charge is 0.340 e. The van der Waals surface area contributed by atoms with E-state index in [1.807, 2.05) is 27.8 Å². The second-order valence-corrected chi connectivity index (χ2v) is 3.67. The number of rotatable bonds is 3. The van der Waals surface area contributed by atoms with E-state index in [1.54, 1.807) is 0 Å². The summed E-state index contributed by atoms with van der Waals surface area (Å²) in [4.78, 5) is 11.7. The minimum absolute atomic E-state index is 0.206. The topological polar surface area (TPSA) is 31.2 Å². The Labute approximate surface area is 91.0 Å². The molecule has 0 amide bonds. The fraction of sp³-hybridized carbons (Fsp3) is 0.583. The van der Waals surface area contributed by atoms with E-state index >= 15 is 0 Å². The summed E-state index contributed by atoms with van der Waals surface area (Å²) in [6.45, 7) is 8.29. The number of ether oxygens (including phenoxy) is 1. The number of carbonyl (C=O) groups is 1. The number of carbonyl (C=O) groups excluding carboxylic acids is 1. The Morgan fingerprint density at radius 3 is 2.33 bits per heavy atom. The maximum absolute atomic E-state index is 11.7. The first-order valence-corrected chi connectivity index (χ1v) is 5.36. The zero-order valence-corrected chi connectivity index (χ0v) is 10.2. The maximum Gasteiger partial charge on any atom is 0.340 e. The van der Waals surface area contributed by atoms with Crippen molar-refractivity contribution in [2.45, 2.75) is 34.1 Å². The minimum Gasteiger partial charge on any atom is -0.462 e. The number of hydrogen-bond donors (Lipinski definition) is 0. The summed E-state index contributed by atoms with van der Waals surface area (Å²) >= 11 is 0. The minimum atomic E-state index is -0.206. The zero-order valence-electron chi connectivity index (χ0n) is 10.2. The standard InChI is InChI=1S/C12H19NO2/c1-6-10-8(3)11(9(4)13(10)5)12(14)15-7-2/h6-7H2,1-5H3. The lowest BCUT2D eigenvalue weighted by molar-refractivity contribution is 0.0524. The van der Waals surface area contributed by atoms with Gasteiger partial charge in [-0.1, -0.05) is 6.92 Å². The van der Waals surface area contributed by atoms with Gasteiger partial charge in [0.2, 0.25) is 0 Å². The van der Waals surface area contributed by atoms with Crippen LogP contribution in [0.2, 0.25) is 0 Å². The quantitative estimate of drug-likeness (QED) is 0.716. The predicted molar refractivity (Wildman–Crippen MR) is 60.2 cm³/mol. The molecule has 84 valence electrons. The van der Waals surface area contributed by atoms with Gasteiger partial charge < -0.3 is 9.30 Å². The van der Waals surface area contributed by atoms with Crippen molar-refractivity contribution in [3.63, 3.8) is 0 Å². The van der Waals surface area contributed by atoms with E-state index in [2.05, 4.69) is 11.5 Å². The van der Waals surface area contributed by atoms with Gasteiger partial charge in [-0.2, -0.15) is 0 Å². The molecule has 0 atom stereocenters. The Bertz CT molecular complexity index is 377. The molecule has 0 aliphatic rings. The fourth-order valence-electron chi connectivity index (χ4n) is 2.04. The number of nitrogens with zero attached hydrogens (tertiary/aromatic N) is 1. The van der Waals surface area contributed by atoms with Crippen LogP contribution in [0.15, 0.2) is 0 Å². The van der Waals surface area contributed by atoms with Crippen LogP contribution in [0.3, 0.4) is 0 Å². The number of hydrogen-bond acceptors (Lipinski definition) is 2. The second-order valence-electron chi connectivity index (χ2n) is 3.67. The third-order valence-corrected chi connectivity index (χ3v) is 2.89. The van der Waals surface area contributed by atoms with Crippen molar-refractivity contribution in [3.8, 4) is 0 Å². The number of esters is 1. The zero-order chi connectivity index (χ0) is 11.6. The summed E-state index contributed by atoms with van der Waals surface area (Å²) in [5, 5.41) is 0. The molecule has 15 heavy (non-hydrogen) atoms. The Hall–Kier alpha value is -1.25. The summed E-state index contributed by atoms with van der Waals surface area (Å²) in [6.07, 6.45) is 0.933. The van der Waals surface area contributed by atoms with Gasteiger partial charge in [0.15, 0.2) is 0 Å². The van der Waals surface area contributed by atoms with Crippen LogP contribution in [0.5, 0.6) is 0 Å². The molecule has 3 heteroatoms. The first kappa shape index (κ1) is 11.8. The van der Waals surface area contributed by atoms with Crippen molar-refractivity contribution in [2.75, 3.05) is 6.61 Å². The SMILES string of the molecule is CCOC(=O)c1c(C)c(CC)n(C)c1C. The van der Waals surface area contributed by atoms with E-state index < -0.39 is 0 Å². The predicted octanol–water partition coefficient (Wildman–Crippen LogP) is 2.38. The molecule has 0 unspecified atom stereocenters. The third-order valence-electron chi connectivity index (χ3n) is 2.89. The summed E-state index contributed by atoms with van der Waals surface area (Å²) in [5.41, 5.74) is 3.98. The maximum atomic E-state index is 11.7. The monoisotopic (exact) mass is 209 g/mol. The van der Waals surface area contributed by atoms with Gasteiger partial charge in [-0.15, -0.1) is 0 Å². The van der Waals surface area contributed by atoms with Crippen LogP contribution in [0.1, 0.15) is 41.2 Å². The highest BCUT2D eigenvalue weighted by Crippen LogP contribution is 2.22. The van der Waals surface area contributed by atoms with E-state index in [9.17, 15) is 4.79 Å². The van der Waals surface area contributed by atoms with Crippen LogP contribution in [-0.4, -0.2) is 17.1 Å². The summed E-state index contributed by atoms with van der Waals surface area (Å²) in [5.74, 6) is -0.206. The molecule has 0 saturated heterocycles. The summed E-state index contributed by atoms with van der Waals surface area (Å²) < 4.78 is 7.12. The molecule has 0 saturated carbocycles. The van der Waals surface area contributed by atoms with Crippen LogP contribution in [-0.2, 0) is 18.2 Å². The van der Waals surface area contributed by atoms with E-state index in [0.29, 0.717) is 6.61 Å². The Kier molecular flexibility index (Phi) is 3.56. The van der Waals surface area contributed by atoms with Crippen molar-refractivity contribution >= 4 is 5.97 Å². The molecule has 0 aromatic carbocycles. The lowest BCUT2D eigenvalue weighted by atomic mass is 10.1. The Morgan fingerprint density at radius 1 is 1.33 bits per heavy atom. The molecule has 1 rings (SSSR count). The van der Waals surface area contributed by atoms with Gasteiger partial charge in [0.1, 0.15) is 0 Å². The van der Waals surface area contributed by atoms with Gasteiger partial charge in [-0.05, 0) is 32.8 Å². The molecule has 0 bridgehead atoms. The molecule has 1 heterocycles. The largest absolute Gasteiger partial charge is 0.462 e.